The molecule has 3 rings (SSSR count). The van der Waals surface area contributed by atoms with E-state index in [0.717, 1.165) is 34.6 Å². The molecule has 1 aromatic carbocycles. The zero-order valence-corrected chi connectivity index (χ0v) is 19.0. The molecule has 162 valence electrons. The Morgan fingerprint density at radius 1 is 1.23 bits per heavy atom. The molecule has 2 heterocycles. The van der Waals surface area contributed by atoms with Gasteiger partial charge in [-0.25, -0.2) is 0 Å². The number of hydrogen-bond acceptors (Lipinski definition) is 6. The zero-order valence-electron chi connectivity index (χ0n) is 18.2. The molecule has 2 amide bonds. The summed E-state index contributed by atoms with van der Waals surface area (Å²) in [7, 11) is 0. The Morgan fingerprint density at radius 3 is 2.65 bits per heavy atom. The van der Waals surface area contributed by atoms with Crippen LogP contribution < -0.4 is 5.32 Å². The van der Waals surface area contributed by atoms with Crippen molar-refractivity contribution in [2.24, 2.45) is 0 Å². The van der Waals surface area contributed by atoms with Gasteiger partial charge in [0.15, 0.2) is 5.69 Å². The zero-order chi connectivity index (χ0) is 22.4. The Kier molecular flexibility index (Phi) is 7.12. The standard InChI is InChI=1S/C23H27N5O2S/c1-5-23(3,4)25-21(29)20(18-10-6-8-16(2)12-18)28(14-17-9-7-11-24-13-17)22(30)19-15-31-27-26-19/h6-13,15,20H,5,14H2,1-4H3,(H,25,29)/t20-/m0/s1. The Bertz CT molecular complexity index is 1020. The van der Waals surface area contributed by atoms with Crippen LogP contribution in [0.5, 0.6) is 0 Å². The van der Waals surface area contributed by atoms with E-state index in [9.17, 15) is 9.59 Å². The van der Waals surface area contributed by atoms with E-state index in [1.165, 1.54) is 0 Å². The maximum atomic E-state index is 13.6. The molecule has 0 bridgehead atoms. The molecule has 0 radical (unpaired) electrons. The minimum atomic E-state index is -0.833. The molecule has 0 unspecified atom stereocenters. The van der Waals surface area contributed by atoms with Crippen molar-refractivity contribution in [3.8, 4) is 0 Å². The van der Waals surface area contributed by atoms with Gasteiger partial charge in [-0.3, -0.25) is 14.6 Å². The van der Waals surface area contributed by atoms with Crippen LogP contribution in [0.4, 0.5) is 0 Å². The number of aryl methyl sites for hydroxylation is 1. The SMILES string of the molecule is CCC(C)(C)NC(=O)[C@H](c1cccc(C)c1)N(Cc1cccnc1)C(=O)c1csnn1. The van der Waals surface area contributed by atoms with Crippen molar-refractivity contribution in [3.05, 3.63) is 76.6 Å². The van der Waals surface area contributed by atoms with Crippen molar-refractivity contribution in [3.63, 3.8) is 0 Å². The number of nitrogens with one attached hydrogen (secondary N) is 1. The molecule has 1 N–H and O–H groups in total. The fraction of sp³-hybridized carbons (Fsp3) is 0.348. The second-order valence-electron chi connectivity index (χ2n) is 8.13. The number of amides is 2. The fourth-order valence-electron chi connectivity index (χ4n) is 3.18. The van der Waals surface area contributed by atoms with E-state index in [4.69, 9.17) is 0 Å². The summed E-state index contributed by atoms with van der Waals surface area (Å²) >= 11 is 1.10. The van der Waals surface area contributed by atoms with E-state index in [-0.39, 0.29) is 24.1 Å². The number of nitrogens with zero attached hydrogens (tertiary/aromatic N) is 4. The van der Waals surface area contributed by atoms with Gasteiger partial charge in [-0.2, -0.15) is 0 Å². The Morgan fingerprint density at radius 2 is 2.03 bits per heavy atom. The number of aromatic nitrogens is 3. The summed E-state index contributed by atoms with van der Waals surface area (Å²) in [5.74, 6) is -0.591. The molecule has 1 atom stereocenters. The molecule has 0 aliphatic carbocycles. The molecule has 0 spiro atoms. The molecule has 0 aliphatic rings. The highest BCUT2D eigenvalue weighted by Gasteiger charge is 2.35. The molecule has 3 aromatic rings. The van der Waals surface area contributed by atoms with E-state index >= 15 is 0 Å². The monoisotopic (exact) mass is 437 g/mol. The van der Waals surface area contributed by atoms with Crippen LogP contribution in [0, 0.1) is 6.92 Å². The maximum absolute atomic E-state index is 13.6. The lowest BCUT2D eigenvalue weighted by Crippen LogP contribution is -2.50. The van der Waals surface area contributed by atoms with Crippen molar-refractivity contribution in [2.45, 2.75) is 52.2 Å². The third-order valence-electron chi connectivity index (χ3n) is 5.18. The summed E-state index contributed by atoms with van der Waals surface area (Å²) in [6.07, 6.45) is 4.13. The summed E-state index contributed by atoms with van der Waals surface area (Å²) in [4.78, 5) is 32.8. The van der Waals surface area contributed by atoms with E-state index in [1.54, 1.807) is 22.7 Å². The van der Waals surface area contributed by atoms with Crippen LogP contribution in [-0.2, 0) is 11.3 Å². The molecule has 31 heavy (non-hydrogen) atoms. The van der Waals surface area contributed by atoms with E-state index in [1.807, 2.05) is 64.1 Å². The van der Waals surface area contributed by atoms with Gasteiger partial charge in [0, 0.05) is 29.9 Å². The number of hydrogen-bond donors (Lipinski definition) is 1. The topological polar surface area (TPSA) is 88.1 Å². The Labute approximate surface area is 186 Å². The average molecular weight is 438 g/mol. The summed E-state index contributed by atoms with van der Waals surface area (Å²) in [6, 6.07) is 10.5. The van der Waals surface area contributed by atoms with Crippen molar-refractivity contribution in [2.75, 3.05) is 0 Å². The first-order valence-electron chi connectivity index (χ1n) is 10.2. The first kappa shape index (κ1) is 22.6. The molecule has 0 saturated heterocycles. The van der Waals surface area contributed by atoms with Gasteiger partial charge in [0.1, 0.15) is 6.04 Å². The normalized spacial score (nSPS) is 12.3. The van der Waals surface area contributed by atoms with Crippen LogP contribution in [0.3, 0.4) is 0 Å². The second kappa shape index (κ2) is 9.78. The third kappa shape index (κ3) is 5.73. The third-order valence-corrected chi connectivity index (χ3v) is 5.68. The molecular weight excluding hydrogens is 410 g/mol. The summed E-state index contributed by atoms with van der Waals surface area (Å²) in [5.41, 5.74) is 2.37. The molecule has 7 nitrogen and oxygen atoms in total. The van der Waals surface area contributed by atoms with Gasteiger partial charge >= 0.3 is 0 Å². The first-order chi connectivity index (χ1) is 14.8. The first-order valence-corrected chi connectivity index (χ1v) is 11.0. The van der Waals surface area contributed by atoms with Gasteiger partial charge in [-0.1, -0.05) is 47.3 Å². The van der Waals surface area contributed by atoms with E-state index in [0.29, 0.717) is 0 Å². The highest BCUT2D eigenvalue weighted by Crippen LogP contribution is 2.27. The van der Waals surface area contributed by atoms with E-state index in [2.05, 4.69) is 19.9 Å². The maximum Gasteiger partial charge on any atom is 0.276 e. The predicted molar refractivity (Wildman–Crippen MR) is 120 cm³/mol. The quantitative estimate of drug-likeness (QED) is 0.577. The lowest BCUT2D eigenvalue weighted by Gasteiger charge is -2.34. The minimum Gasteiger partial charge on any atom is -0.349 e. The van der Waals surface area contributed by atoms with Crippen LogP contribution in [0.15, 0.2) is 54.2 Å². The van der Waals surface area contributed by atoms with Gasteiger partial charge in [-0.05, 0) is 55.9 Å². The average Bonchev–Trinajstić information content (AvgIpc) is 3.28. The lowest BCUT2D eigenvalue weighted by atomic mass is 9.97. The minimum absolute atomic E-state index is 0.211. The van der Waals surface area contributed by atoms with Crippen molar-refractivity contribution >= 4 is 23.3 Å². The van der Waals surface area contributed by atoms with Crippen LogP contribution >= 0.6 is 11.5 Å². The second-order valence-corrected chi connectivity index (χ2v) is 8.74. The highest BCUT2D eigenvalue weighted by molar-refractivity contribution is 7.03. The van der Waals surface area contributed by atoms with Crippen LogP contribution in [0.2, 0.25) is 0 Å². The number of pyridine rings is 1. The molecule has 2 aromatic heterocycles. The fourth-order valence-corrected chi connectivity index (χ4v) is 3.61. The van der Waals surface area contributed by atoms with Gasteiger partial charge in [0.2, 0.25) is 5.91 Å². The van der Waals surface area contributed by atoms with Crippen LogP contribution in [0.1, 0.15) is 60.4 Å². The molecule has 0 fully saturated rings. The highest BCUT2D eigenvalue weighted by atomic mass is 32.1. The molecule has 0 aliphatic heterocycles. The van der Waals surface area contributed by atoms with E-state index < -0.39 is 11.6 Å². The van der Waals surface area contributed by atoms with Crippen molar-refractivity contribution < 1.29 is 9.59 Å². The number of benzene rings is 1. The van der Waals surface area contributed by atoms with Gasteiger partial charge < -0.3 is 10.2 Å². The Balaban J connectivity index is 2.08. The number of rotatable bonds is 8. The Hall–Kier alpha value is -3.13. The molecular formula is C23H27N5O2S. The smallest absolute Gasteiger partial charge is 0.276 e. The van der Waals surface area contributed by atoms with Crippen LogP contribution in [0.25, 0.3) is 0 Å². The summed E-state index contributed by atoms with van der Waals surface area (Å²) in [6.45, 7) is 8.13. The summed E-state index contributed by atoms with van der Waals surface area (Å²) in [5, 5.41) is 8.66. The van der Waals surface area contributed by atoms with Gasteiger partial charge in [-0.15, -0.1) is 5.10 Å². The van der Waals surface area contributed by atoms with Gasteiger partial charge in [0.25, 0.3) is 5.91 Å². The van der Waals surface area contributed by atoms with Gasteiger partial charge in [0.05, 0.1) is 0 Å². The predicted octanol–water partition coefficient (Wildman–Crippen LogP) is 3.93. The van der Waals surface area contributed by atoms with Crippen molar-refractivity contribution in [1.82, 2.24) is 24.8 Å². The largest absolute Gasteiger partial charge is 0.349 e. The summed E-state index contributed by atoms with van der Waals surface area (Å²) < 4.78 is 3.83. The molecule has 8 heteroatoms. The number of carbonyl (C=O) groups is 2. The van der Waals surface area contributed by atoms with Crippen LogP contribution in [-0.4, -0.2) is 36.8 Å². The number of carbonyl (C=O) groups excluding carboxylic acids is 2. The molecule has 0 saturated carbocycles. The lowest BCUT2D eigenvalue weighted by molar-refractivity contribution is -0.127. The van der Waals surface area contributed by atoms with Crippen molar-refractivity contribution in [1.29, 1.82) is 0 Å².